The smallest absolute Gasteiger partial charge is 0.472 e. The van der Waals surface area contributed by atoms with E-state index in [1.807, 2.05) is 48.7 Å². The Morgan fingerprint density at radius 3 is 2.31 bits per heavy atom. The highest BCUT2D eigenvalue weighted by atomic mass is 35.5. The molecule has 3 aromatic carbocycles. The van der Waals surface area contributed by atoms with Gasteiger partial charge in [-0.05, 0) is 127 Å². The molecule has 0 radical (unpaired) electrons. The van der Waals surface area contributed by atoms with Gasteiger partial charge >= 0.3 is 24.0 Å². The fourth-order valence-electron chi connectivity index (χ4n) is 6.96. The first-order valence-electron chi connectivity index (χ1n) is 18.8. The van der Waals surface area contributed by atoms with Crippen molar-refractivity contribution in [1.29, 1.82) is 0 Å². The van der Waals surface area contributed by atoms with Gasteiger partial charge in [0.25, 0.3) is 0 Å². The van der Waals surface area contributed by atoms with Gasteiger partial charge in [-0.2, -0.15) is 13.2 Å². The van der Waals surface area contributed by atoms with Gasteiger partial charge in [0.15, 0.2) is 5.82 Å². The lowest BCUT2D eigenvalue weighted by Crippen LogP contribution is -2.39. The number of halogens is 4. The van der Waals surface area contributed by atoms with Crippen molar-refractivity contribution in [1.82, 2.24) is 19.5 Å². The minimum atomic E-state index is -5.17. The van der Waals surface area contributed by atoms with E-state index in [1.165, 1.54) is 24.4 Å². The molecule has 7 aromatic rings. The van der Waals surface area contributed by atoms with Crippen LogP contribution in [0.3, 0.4) is 0 Å². The Balaban J connectivity index is 0.000000164. The molecule has 4 heterocycles. The van der Waals surface area contributed by atoms with Crippen LogP contribution in [-0.2, 0) is 16.1 Å². The summed E-state index contributed by atoms with van der Waals surface area (Å²) in [4.78, 5) is 48.2. The predicted molar refractivity (Wildman–Crippen MR) is 218 cm³/mol. The van der Waals surface area contributed by atoms with Crippen molar-refractivity contribution >= 4 is 74.3 Å². The lowest BCUT2D eigenvalue weighted by atomic mass is 10.1. The number of aromatic carboxylic acids is 1. The van der Waals surface area contributed by atoms with Crippen LogP contribution in [0, 0.1) is 0 Å². The highest BCUT2D eigenvalue weighted by molar-refractivity contribution is 6.30. The number of hydrogen-bond acceptors (Lipinski definition) is 7. The van der Waals surface area contributed by atoms with Crippen molar-refractivity contribution in [3.63, 3.8) is 0 Å². The Hall–Kier alpha value is -6.67. The van der Waals surface area contributed by atoms with Crippen molar-refractivity contribution in [2.75, 3.05) is 17.3 Å². The maximum absolute atomic E-state index is 13.4. The first-order valence-corrected chi connectivity index (χ1v) is 19.1. The number of pyridine rings is 2. The quantitative estimate of drug-likeness (QED) is 0.116. The summed E-state index contributed by atoms with van der Waals surface area (Å²) in [6.45, 7) is 0.726. The van der Waals surface area contributed by atoms with Gasteiger partial charge in [0.1, 0.15) is 16.9 Å². The third kappa shape index (κ3) is 8.63. The third-order valence-electron chi connectivity index (χ3n) is 10.3. The number of nitrogens with zero attached hydrogens (tertiary/aromatic N) is 4. The molecule has 0 aliphatic heterocycles. The lowest BCUT2D eigenvalue weighted by molar-refractivity contribution is -0.169. The summed E-state index contributed by atoms with van der Waals surface area (Å²) in [5.74, 6) is -3.37. The van der Waals surface area contributed by atoms with E-state index in [-0.39, 0.29) is 22.7 Å². The maximum atomic E-state index is 13.4. The van der Waals surface area contributed by atoms with Crippen molar-refractivity contribution < 1.29 is 37.4 Å². The summed E-state index contributed by atoms with van der Waals surface area (Å²) in [6.07, 6.45) is 5.74. The van der Waals surface area contributed by atoms with Gasteiger partial charge in [0.2, 0.25) is 0 Å². The number of carboxylic acid groups (broad SMARTS) is 1. The fourth-order valence-corrected chi connectivity index (χ4v) is 7.18. The highest BCUT2D eigenvalue weighted by Gasteiger charge is 2.45. The average molecular weight is 821 g/mol. The number of methoxy groups -OCH3 is 1. The second-order valence-corrected chi connectivity index (χ2v) is 14.9. The molecule has 0 atom stereocenters. The lowest BCUT2D eigenvalue weighted by Gasteiger charge is -2.25. The van der Waals surface area contributed by atoms with Gasteiger partial charge in [-0.3, -0.25) is 9.69 Å². The van der Waals surface area contributed by atoms with Crippen LogP contribution in [0.25, 0.3) is 21.8 Å². The number of carboxylic acids is 1. The zero-order valence-electron chi connectivity index (χ0n) is 31.5. The molecule has 2 saturated carbocycles. The zero-order chi connectivity index (χ0) is 41.4. The van der Waals surface area contributed by atoms with E-state index >= 15 is 0 Å². The zero-order valence-corrected chi connectivity index (χ0v) is 32.2. The number of aromatic amines is 1. The molecule has 0 bridgehead atoms. The molecule has 2 aliphatic carbocycles. The van der Waals surface area contributed by atoms with Gasteiger partial charge in [-0.25, -0.2) is 19.6 Å². The number of fused-ring (bicyclic) bond motifs is 2. The number of benzene rings is 3. The number of alkyl halides is 3. The normalized spacial score (nSPS) is 13.8. The summed E-state index contributed by atoms with van der Waals surface area (Å²) < 4.78 is 47.1. The molecule has 0 saturated heterocycles. The van der Waals surface area contributed by atoms with Crippen molar-refractivity contribution in [2.24, 2.45) is 0 Å². The molecule has 2 fully saturated rings. The number of carbonyl (C=O) groups excluding carboxylic acids is 2. The minimum absolute atomic E-state index is 0.0590. The Kier molecular flexibility index (Phi) is 10.6. The molecule has 15 heteroatoms. The van der Waals surface area contributed by atoms with Crippen LogP contribution in [0.15, 0.2) is 110 Å². The molecule has 1 amide bonds. The van der Waals surface area contributed by atoms with Gasteiger partial charge in [-0.15, -0.1) is 0 Å². The molecular weight excluding hydrogens is 785 g/mol. The summed E-state index contributed by atoms with van der Waals surface area (Å²) in [6, 6.07) is 25.1. The molecule has 9 rings (SSSR count). The number of aromatic nitrogens is 4. The number of carbonyl (C=O) groups is 3. The Labute approximate surface area is 340 Å². The van der Waals surface area contributed by atoms with Crippen molar-refractivity contribution in [2.45, 2.75) is 50.2 Å². The summed E-state index contributed by atoms with van der Waals surface area (Å²) in [5, 5.41) is 15.2. The van der Waals surface area contributed by atoms with E-state index in [1.54, 1.807) is 30.6 Å². The van der Waals surface area contributed by atoms with Crippen molar-refractivity contribution in [3.05, 3.63) is 143 Å². The average Bonchev–Trinajstić information content (AvgIpc) is 4.16. The number of rotatable bonds is 10. The molecule has 300 valence electrons. The van der Waals surface area contributed by atoms with E-state index < -0.39 is 29.8 Å². The number of esters is 1. The second kappa shape index (κ2) is 15.9. The van der Waals surface area contributed by atoms with Crippen LogP contribution >= 0.6 is 11.6 Å². The number of anilines is 4. The molecule has 4 aromatic heterocycles. The van der Waals surface area contributed by atoms with Crippen LogP contribution < -0.4 is 10.2 Å². The third-order valence-corrected chi connectivity index (χ3v) is 10.5. The van der Waals surface area contributed by atoms with Gasteiger partial charge in [0.05, 0.1) is 12.8 Å². The van der Waals surface area contributed by atoms with Crippen LogP contribution in [0.2, 0.25) is 5.02 Å². The molecular formula is C44H36ClF3N6O5. The molecule has 11 nitrogen and oxygen atoms in total. The Bertz CT molecular complexity index is 2740. The van der Waals surface area contributed by atoms with E-state index in [9.17, 15) is 32.7 Å². The first-order chi connectivity index (χ1) is 28.4. The summed E-state index contributed by atoms with van der Waals surface area (Å²) in [5.41, 5.74) is 5.42. The Morgan fingerprint density at radius 1 is 0.898 bits per heavy atom. The monoisotopic (exact) mass is 820 g/mol. The van der Waals surface area contributed by atoms with Crippen molar-refractivity contribution in [3.8, 4) is 0 Å². The molecule has 2 aliphatic rings. The summed E-state index contributed by atoms with van der Waals surface area (Å²) >= 11 is 6.10. The van der Waals surface area contributed by atoms with E-state index in [2.05, 4.69) is 30.9 Å². The molecule has 0 unspecified atom stereocenters. The van der Waals surface area contributed by atoms with Gasteiger partial charge < -0.3 is 24.7 Å². The van der Waals surface area contributed by atoms with E-state index in [0.717, 1.165) is 77.6 Å². The summed E-state index contributed by atoms with van der Waals surface area (Å²) in [7, 11) is 1.12. The Morgan fingerprint density at radius 2 is 1.63 bits per heavy atom. The minimum Gasteiger partial charge on any atom is -0.478 e. The van der Waals surface area contributed by atoms with Crippen LogP contribution in [0.1, 0.15) is 74.9 Å². The first kappa shape index (κ1) is 39.2. The number of amides is 1. The number of nitrogens with one attached hydrogen (secondary N) is 2. The second-order valence-electron chi connectivity index (χ2n) is 14.5. The molecule has 0 spiro atoms. The van der Waals surface area contributed by atoms with Crippen LogP contribution in [0.4, 0.5) is 36.2 Å². The number of ether oxygens (including phenoxy) is 1. The van der Waals surface area contributed by atoms with E-state index in [4.69, 9.17) is 16.3 Å². The SMILES string of the molecule is COC(=O)c1cc(C2CC2)cnc1N(C(=O)C(F)(F)F)c1ccc2[nH]ccc2c1.O=C(O)c1cc(C2CC2)cnc1Nc1ccc2c(ccn2Cc2cccc(Cl)c2)c1. The number of hydrogen-bond donors (Lipinski definition) is 3. The standard InChI is InChI=1S/C24H20ClN3O2.C20H16F3N3O3/c25-19-3-1-2-15(10-19)14-28-9-8-17-11-20(6-7-22(17)28)27-23-21(24(29)30)12-18(13-26-23)16-4-5-16;1-29-18(27)15-9-13(11-2-3-11)10-25-17(15)26(19(28)20(21,22)23)14-4-5-16-12(8-14)6-7-24-16/h1-3,6-13,16H,4-5,14H2,(H,26,27)(H,29,30);4-11,24H,2-3H2,1H3. The maximum Gasteiger partial charge on any atom is 0.472 e. The van der Waals surface area contributed by atoms with Gasteiger partial charge in [-0.1, -0.05) is 23.7 Å². The number of H-pyrrole nitrogens is 1. The van der Waals surface area contributed by atoms with Crippen LogP contribution in [0.5, 0.6) is 0 Å². The highest BCUT2D eigenvalue weighted by Crippen LogP contribution is 2.43. The predicted octanol–water partition coefficient (Wildman–Crippen LogP) is 10.5. The van der Waals surface area contributed by atoms with E-state index in [0.29, 0.717) is 27.5 Å². The largest absolute Gasteiger partial charge is 0.478 e. The molecule has 59 heavy (non-hydrogen) atoms. The van der Waals surface area contributed by atoms with Crippen LogP contribution in [-0.4, -0.2) is 55.8 Å². The molecule has 3 N–H and O–H groups in total. The van der Waals surface area contributed by atoms with Gasteiger partial charge in [0, 0.05) is 63.8 Å². The fraction of sp³-hybridized carbons (Fsp3) is 0.205. The topological polar surface area (TPSA) is 142 Å².